The zero-order valence-corrected chi connectivity index (χ0v) is 14.2. The lowest BCUT2D eigenvalue weighted by Crippen LogP contribution is -2.45. The molecule has 0 aromatic rings. The molecule has 0 amide bonds. The highest BCUT2D eigenvalue weighted by atomic mass is 15.2. The number of hydrogen-bond donors (Lipinski definition) is 0. The molecule has 0 aromatic heterocycles. The van der Waals surface area contributed by atoms with Crippen LogP contribution in [-0.2, 0) is 0 Å². The Kier molecular flexibility index (Phi) is 6.87. The van der Waals surface area contributed by atoms with Gasteiger partial charge in [0.25, 0.3) is 0 Å². The molecular formula is C19H37N. The van der Waals surface area contributed by atoms with Crippen LogP contribution in [0.3, 0.4) is 0 Å². The van der Waals surface area contributed by atoms with Gasteiger partial charge in [0, 0.05) is 18.6 Å². The molecule has 0 heterocycles. The Hall–Kier alpha value is -0.0400. The van der Waals surface area contributed by atoms with Crippen LogP contribution in [0.1, 0.15) is 91.4 Å². The Morgan fingerprint density at radius 1 is 0.850 bits per heavy atom. The SMILES string of the molecule is CCC(CN(C(C)C)C1CCCCC1)C1CCCCC1. The van der Waals surface area contributed by atoms with E-state index < -0.39 is 0 Å². The summed E-state index contributed by atoms with van der Waals surface area (Å²) in [5.41, 5.74) is 0. The van der Waals surface area contributed by atoms with Gasteiger partial charge in [0.2, 0.25) is 0 Å². The maximum absolute atomic E-state index is 2.88. The van der Waals surface area contributed by atoms with Gasteiger partial charge in [0.05, 0.1) is 0 Å². The molecule has 2 aliphatic carbocycles. The summed E-state index contributed by atoms with van der Waals surface area (Å²) in [7, 11) is 0. The third-order valence-corrected chi connectivity index (χ3v) is 5.99. The Morgan fingerprint density at radius 2 is 1.40 bits per heavy atom. The molecule has 0 bridgehead atoms. The van der Waals surface area contributed by atoms with Crippen molar-refractivity contribution in [2.24, 2.45) is 11.8 Å². The van der Waals surface area contributed by atoms with Crippen molar-refractivity contribution < 1.29 is 0 Å². The number of rotatable bonds is 6. The second kappa shape index (κ2) is 8.41. The average Bonchev–Trinajstić information content (AvgIpc) is 2.50. The summed E-state index contributed by atoms with van der Waals surface area (Å²) in [6, 6.07) is 1.62. The molecule has 1 heteroatoms. The van der Waals surface area contributed by atoms with Gasteiger partial charge in [-0.15, -0.1) is 0 Å². The van der Waals surface area contributed by atoms with Crippen LogP contribution in [0, 0.1) is 11.8 Å². The van der Waals surface area contributed by atoms with E-state index in [4.69, 9.17) is 0 Å². The van der Waals surface area contributed by atoms with Gasteiger partial charge < -0.3 is 0 Å². The molecule has 1 atom stereocenters. The van der Waals surface area contributed by atoms with Gasteiger partial charge in [-0.2, -0.15) is 0 Å². The van der Waals surface area contributed by atoms with E-state index in [-0.39, 0.29) is 0 Å². The van der Waals surface area contributed by atoms with E-state index in [1.807, 2.05) is 0 Å². The van der Waals surface area contributed by atoms with Gasteiger partial charge in [-0.05, 0) is 38.5 Å². The zero-order valence-electron chi connectivity index (χ0n) is 14.2. The zero-order chi connectivity index (χ0) is 14.4. The standard InChI is InChI=1S/C19H37N/c1-4-17(18-11-7-5-8-12-18)15-20(16(2)3)19-13-9-6-10-14-19/h16-19H,4-15H2,1-3H3. The Morgan fingerprint density at radius 3 is 1.90 bits per heavy atom. The molecule has 2 fully saturated rings. The minimum atomic E-state index is 0.732. The Balaban J connectivity index is 1.93. The number of hydrogen-bond acceptors (Lipinski definition) is 1. The monoisotopic (exact) mass is 279 g/mol. The molecule has 2 rings (SSSR count). The minimum absolute atomic E-state index is 0.732. The highest BCUT2D eigenvalue weighted by Crippen LogP contribution is 2.34. The molecule has 2 aliphatic rings. The van der Waals surface area contributed by atoms with Crippen molar-refractivity contribution in [2.45, 2.75) is 103 Å². The quantitative estimate of drug-likeness (QED) is 0.608. The van der Waals surface area contributed by atoms with Gasteiger partial charge in [-0.1, -0.05) is 64.7 Å². The van der Waals surface area contributed by atoms with Crippen LogP contribution in [0.15, 0.2) is 0 Å². The first-order chi connectivity index (χ1) is 9.72. The van der Waals surface area contributed by atoms with E-state index in [1.165, 1.54) is 77.2 Å². The van der Waals surface area contributed by atoms with Gasteiger partial charge in [0.1, 0.15) is 0 Å². The first kappa shape index (κ1) is 16.3. The van der Waals surface area contributed by atoms with Crippen LogP contribution in [0.4, 0.5) is 0 Å². The molecule has 118 valence electrons. The van der Waals surface area contributed by atoms with Gasteiger partial charge in [-0.25, -0.2) is 0 Å². The molecule has 1 unspecified atom stereocenters. The Bertz CT molecular complexity index is 248. The molecular weight excluding hydrogens is 242 g/mol. The molecule has 0 aliphatic heterocycles. The van der Waals surface area contributed by atoms with Gasteiger partial charge >= 0.3 is 0 Å². The van der Waals surface area contributed by atoms with Crippen molar-refractivity contribution in [3.8, 4) is 0 Å². The summed E-state index contributed by atoms with van der Waals surface area (Å²) in [6.45, 7) is 8.65. The first-order valence-corrected chi connectivity index (χ1v) is 9.48. The van der Waals surface area contributed by atoms with Crippen molar-refractivity contribution in [1.82, 2.24) is 4.90 Å². The van der Waals surface area contributed by atoms with Crippen molar-refractivity contribution in [3.63, 3.8) is 0 Å². The predicted octanol–water partition coefficient (Wildman–Crippen LogP) is 5.64. The number of nitrogens with zero attached hydrogens (tertiary/aromatic N) is 1. The fourth-order valence-electron chi connectivity index (χ4n) is 4.68. The van der Waals surface area contributed by atoms with Crippen molar-refractivity contribution in [2.75, 3.05) is 6.54 Å². The average molecular weight is 280 g/mol. The van der Waals surface area contributed by atoms with Crippen LogP contribution in [0.25, 0.3) is 0 Å². The van der Waals surface area contributed by atoms with Crippen LogP contribution in [0.2, 0.25) is 0 Å². The van der Waals surface area contributed by atoms with E-state index >= 15 is 0 Å². The third kappa shape index (κ3) is 4.48. The summed E-state index contributed by atoms with van der Waals surface area (Å²) in [6.07, 6.45) is 16.2. The lowest BCUT2D eigenvalue weighted by Gasteiger charge is -2.41. The van der Waals surface area contributed by atoms with Crippen LogP contribution < -0.4 is 0 Å². The van der Waals surface area contributed by atoms with Crippen molar-refractivity contribution >= 4 is 0 Å². The van der Waals surface area contributed by atoms with Gasteiger partial charge in [-0.3, -0.25) is 4.90 Å². The molecule has 2 saturated carbocycles. The molecule has 0 N–H and O–H groups in total. The minimum Gasteiger partial charge on any atom is -0.298 e. The summed E-state index contributed by atoms with van der Waals surface area (Å²) >= 11 is 0. The molecule has 0 aromatic carbocycles. The maximum Gasteiger partial charge on any atom is 0.00980 e. The summed E-state index contributed by atoms with van der Waals surface area (Å²) in [4.78, 5) is 2.88. The summed E-state index contributed by atoms with van der Waals surface area (Å²) in [5, 5.41) is 0. The highest BCUT2D eigenvalue weighted by molar-refractivity contribution is 4.83. The second-order valence-electron chi connectivity index (χ2n) is 7.65. The summed E-state index contributed by atoms with van der Waals surface area (Å²) in [5.74, 6) is 1.98. The van der Waals surface area contributed by atoms with E-state index in [1.54, 1.807) is 0 Å². The maximum atomic E-state index is 2.88. The lowest BCUT2D eigenvalue weighted by atomic mass is 9.78. The van der Waals surface area contributed by atoms with Crippen LogP contribution >= 0.6 is 0 Å². The Labute approximate surface area is 127 Å². The molecule has 0 radical (unpaired) electrons. The fourth-order valence-corrected chi connectivity index (χ4v) is 4.68. The largest absolute Gasteiger partial charge is 0.298 e. The topological polar surface area (TPSA) is 3.24 Å². The van der Waals surface area contributed by atoms with Crippen LogP contribution in [-0.4, -0.2) is 23.5 Å². The predicted molar refractivity (Wildman–Crippen MR) is 89.1 cm³/mol. The third-order valence-electron chi connectivity index (χ3n) is 5.99. The van der Waals surface area contributed by atoms with Crippen molar-refractivity contribution in [1.29, 1.82) is 0 Å². The lowest BCUT2D eigenvalue weighted by molar-refractivity contribution is 0.0752. The summed E-state index contributed by atoms with van der Waals surface area (Å²) < 4.78 is 0. The normalized spacial score (nSPS) is 24.4. The van der Waals surface area contributed by atoms with Gasteiger partial charge in [0.15, 0.2) is 0 Å². The molecule has 0 saturated heterocycles. The van der Waals surface area contributed by atoms with E-state index in [0.29, 0.717) is 0 Å². The second-order valence-corrected chi connectivity index (χ2v) is 7.65. The first-order valence-electron chi connectivity index (χ1n) is 9.48. The molecule has 1 nitrogen and oxygen atoms in total. The smallest absolute Gasteiger partial charge is 0.00980 e. The van der Waals surface area contributed by atoms with E-state index in [0.717, 1.165) is 23.9 Å². The van der Waals surface area contributed by atoms with E-state index in [9.17, 15) is 0 Å². The van der Waals surface area contributed by atoms with Crippen molar-refractivity contribution in [3.05, 3.63) is 0 Å². The molecule has 20 heavy (non-hydrogen) atoms. The fraction of sp³-hybridized carbons (Fsp3) is 1.00. The highest BCUT2D eigenvalue weighted by Gasteiger charge is 2.29. The molecule has 0 spiro atoms. The van der Waals surface area contributed by atoms with E-state index in [2.05, 4.69) is 25.7 Å². The van der Waals surface area contributed by atoms with Crippen LogP contribution in [0.5, 0.6) is 0 Å².